The van der Waals surface area contributed by atoms with Crippen molar-refractivity contribution in [2.45, 2.75) is 26.3 Å². The van der Waals surface area contributed by atoms with E-state index in [9.17, 15) is 0 Å². The van der Waals surface area contributed by atoms with Crippen LogP contribution in [0.15, 0.2) is 24.4 Å². The van der Waals surface area contributed by atoms with Crippen molar-refractivity contribution >= 4 is 23.2 Å². The van der Waals surface area contributed by atoms with Gasteiger partial charge in [-0.1, -0.05) is 36.2 Å². The van der Waals surface area contributed by atoms with E-state index in [0.29, 0.717) is 10.0 Å². The summed E-state index contributed by atoms with van der Waals surface area (Å²) < 4.78 is 1.88. The van der Waals surface area contributed by atoms with E-state index >= 15 is 0 Å². The van der Waals surface area contributed by atoms with Gasteiger partial charge < -0.3 is 5.32 Å². The summed E-state index contributed by atoms with van der Waals surface area (Å²) in [5.41, 5.74) is 3.41. The monoisotopic (exact) mass is 311 g/mol. The molecule has 1 aromatic carbocycles. The average molecular weight is 312 g/mol. The van der Waals surface area contributed by atoms with Crippen LogP contribution in [0.1, 0.15) is 36.2 Å². The fourth-order valence-electron chi connectivity index (χ4n) is 2.19. The van der Waals surface area contributed by atoms with E-state index in [2.05, 4.69) is 24.3 Å². The molecule has 108 valence electrons. The maximum atomic E-state index is 6.14. The van der Waals surface area contributed by atoms with Crippen molar-refractivity contribution in [2.24, 2.45) is 7.05 Å². The second-order valence-corrected chi connectivity index (χ2v) is 5.68. The Morgan fingerprint density at radius 3 is 2.60 bits per heavy atom. The molecule has 3 nitrogen and oxygen atoms in total. The highest BCUT2D eigenvalue weighted by Gasteiger charge is 2.18. The van der Waals surface area contributed by atoms with Gasteiger partial charge in [-0.05, 0) is 37.6 Å². The zero-order valence-electron chi connectivity index (χ0n) is 12.0. The zero-order valence-corrected chi connectivity index (χ0v) is 13.5. The number of hydrogen-bond donors (Lipinski definition) is 1. The molecule has 0 saturated heterocycles. The summed E-state index contributed by atoms with van der Waals surface area (Å²) in [6.07, 6.45) is 2.97. The SMILES string of the molecule is CCCNC(c1ccc(Cl)c(Cl)c1)c1cnn(C)c1C. The minimum atomic E-state index is 0.0819. The summed E-state index contributed by atoms with van der Waals surface area (Å²) in [6.45, 7) is 5.15. The topological polar surface area (TPSA) is 29.9 Å². The van der Waals surface area contributed by atoms with Crippen LogP contribution >= 0.6 is 23.2 Å². The van der Waals surface area contributed by atoms with E-state index in [-0.39, 0.29) is 6.04 Å². The lowest BCUT2D eigenvalue weighted by atomic mass is 9.99. The second kappa shape index (κ2) is 6.61. The Balaban J connectivity index is 2.41. The van der Waals surface area contributed by atoms with Crippen molar-refractivity contribution in [3.63, 3.8) is 0 Å². The summed E-state index contributed by atoms with van der Waals surface area (Å²) in [7, 11) is 1.95. The molecule has 0 radical (unpaired) electrons. The number of benzene rings is 1. The molecule has 0 fully saturated rings. The van der Waals surface area contributed by atoms with Crippen molar-refractivity contribution in [3.05, 3.63) is 51.3 Å². The third-order valence-electron chi connectivity index (χ3n) is 3.46. The van der Waals surface area contributed by atoms with Crippen LogP contribution in [0, 0.1) is 6.92 Å². The lowest BCUT2D eigenvalue weighted by molar-refractivity contribution is 0.594. The third kappa shape index (κ3) is 3.17. The molecule has 5 heteroatoms. The number of aromatic nitrogens is 2. The average Bonchev–Trinajstić information content (AvgIpc) is 2.75. The third-order valence-corrected chi connectivity index (χ3v) is 4.20. The van der Waals surface area contributed by atoms with Crippen molar-refractivity contribution in [2.75, 3.05) is 6.54 Å². The summed E-state index contributed by atoms with van der Waals surface area (Å²) in [6, 6.07) is 5.85. The molecule has 1 N–H and O–H groups in total. The van der Waals surface area contributed by atoms with Gasteiger partial charge in [0.2, 0.25) is 0 Å². The number of nitrogens with zero attached hydrogens (tertiary/aromatic N) is 2. The van der Waals surface area contributed by atoms with E-state index in [1.165, 1.54) is 5.56 Å². The summed E-state index contributed by atoms with van der Waals surface area (Å²) in [4.78, 5) is 0. The van der Waals surface area contributed by atoms with Crippen molar-refractivity contribution in [1.82, 2.24) is 15.1 Å². The van der Waals surface area contributed by atoms with Crippen molar-refractivity contribution < 1.29 is 0 Å². The number of halogens is 2. The van der Waals surface area contributed by atoms with Crippen LogP contribution in [0.25, 0.3) is 0 Å². The van der Waals surface area contributed by atoms with Crippen LogP contribution in [0.4, 0.5) is 0 Å². The molecule has 0 aliphatic carbocycles. The van der Waals surface area contributed by atoms with E-state index in [4.69, 9.17) is 23.2 Å². The van der Waals surface area contributed by atoms with Crippen LogP contribution < -0.4 is 5.32 Å². The molecule has 1 atom stereocenters. The molecule has 1 heterocycles. The van der Waals surface area contributed by atoms with Crippen molar-refractivity contribution in [3.8, 4) is 0 Å². The lowest BCUT2D eigenvalue weighted by Crippen LogP contribution is -2.23. The van der Waals surface area contributed by atoms with Gasteiger partial charge in [-0.3, -0.25) is 4.68 Å². The minimum Gasteiger partial charge on any atom is -0.306 e. The first-order valence-electron chi connectivity index (χ1n) is 6.71. The van der Waals surface area contributed by atoms with E-state index in [0.717, 1.165) is 24.2 Å². The van der Waals surface area contributed by atoms with Crippen molar-refractivity contribution in [1.29, 1.82) is 0 Å². The summed E-state index contributed by atoms with van der Waals surface area (Å²) in [5, 5.41) is 9.03. The fourth-order valence-corrected chi connectivity index (χ4v) is 2.49. The summed E-state index contributed by atoms with van der Waals surface area (Å²) >= 11 is 12.1. The highest BCUT2D eigenvalue weighted by atomic mass is 35.5. The molecular weight excluding hydrogens is 293 g/mol. The molecule has 0 aliphatic heterocycles. The number of hydrogen-bond acceptors (Lipinski definition) is 2. The van der Waals surface area contributed by atoms with E-state index in [1.54, 1.807) is 0 Å². The molecule has 1 unspecified atom stereocenters. The van der Waals surface area contributed by atoms with Gasteiger partial charge in [0.15, 0.2) is 0 Å². The number of aryl methyl sites for hydroxylation is 1. The van der Waals surface area contributed by atoms with Gasteiger partial charge in [0.25, 0.3) is 0 Å². The Hall–Kier alpha value is -1.03. The van der Waals surface area contributed by atoms with E-state index in [1.807, 2.05) is 36.1 Å². The smallest absolute Gasteiger partial charge is 0.0611 e. The molecule has 1 aromatic heterocycles. The first kappa shape index (κ1) is 15.4. The molecule has 0 saturated carbocycles. The Morgan fingerprint density at radius 2 is 2.05 bits per heavy atom. The van der Waals surface area contributed by atoms with Gasteiger partial charge in [0, 0.05) is 18.3 Å². The molecule has 0 bridgehead atoms. The second-order valence-electron chi connectivity index (χ2n) is 4.87. The molecule has 0 amide bonds. The van der Waals surface area contributed by atoms with Crippen LogP contribution in [0.5, 0.6) is 0 Å². The lowest BCUT2D eigenvalue weighted by Gasteiger charge is -2.19. The first-order chi connectivity index (χ1) is 9.54. The molecular formula is C15H19Cl2N3. The van der Waals surface area contributed by atoms with E-state index < -0.39 is 0 Å². The summed E-state index contributed by atoms with van der Waals surface area (Å²) in [5.74, 6) is 0. The highest BCUT2D eigenvalue weighted by Crippen LogP contribution is 2.30. The Kier molecular flexibility index (Phi) is 5.08. The van der Waals surface area contributed by atoms with Crippen LogP contribution in [0.2, 0.25) is 10.0 Å². The molecule has 0 spiro atoms. The Morgan fingerprint density at radius 1 is 1.30 bits per heavy atom. The highest BCUT2D eigenvalue weighted by molar-refractivity contribution is 6.42. The zero-order chi connectivity index (χ0) is 14.7. The van der Waals surface area contributed by atoms with Crippen LogP contribution in [-0.4, -0.2) is 16.3 Å². The predicted molar refractivity (Wildman–Crippen MR) is 84.5 cm³/mol. The standard InChI is InChI=1S/C15H19Cl2N3/c1-4-7-18-15(12-9-19-20(3)10(12)2)11-5-6-13(16)14(17)8-11/h5-6,8-9,15,18H,4,7H2,1-3H3. The van der Waals surface area contributed by atoms with Gasteiger partial charge in [0.05, 0.1) is 22.3 Å². The largest absolute Gasteiger partial charge is 0.306 e. The van der Waals surface area contributed by atoms with Gasteiger partial charge >= 0.3 is 0 Å². The van der Waals surface area contributed by atoms with Gasteiger partial charge in [0.1, 0.15) is 0 Å². The quantitative estimate of drug-likeness (QED) is 0.900. The Labute approximate surface area is 129 Å². The molecule has 2 rings (SSSR count). The van der Waals surface area contributed by atoms with Gasteiger partial charge in [-0.2, -0.15) is 5.10 Å². The molecule has 20 heavy (non-hydrogen) atoms. The Bertz CT molecular complexity index is 593. The molecule has 0 aliphatic rings. The normalized spacial score (nSPS) is 12.7. The molecule has 2 aromatic rings. The fraction of sp³-hybridized carbons (Fsp3) is 0.400. The maximum Gasteiger partial charge on any atom is 0.0611 e. The first-order valence-corrected chi connectivity index (χ1v) is 7.47. The van der Waals surface area contributed by atoms with Crippen LogP contribution in [-0.2, 0) is 7.05 Å². The minimum absolute atomic E-state index is 0.0819. The number of rotatable bonds is 5. The van der Waals surface area contributed by atoms with Crippen LogP contribution in [0.3, 0.4) is 0 Å². The number of nitrogens with one attached hydrogen (secondary N) is 1. The van der Waals surface area contributed by atoms with Gasteiger partial charge in [-0.25, -0.2) is 0 Å². The maximum absolute atomic E-state index is 6.14. The van der Waals surface area contributed by atoms with Gasteiger partial charge in [-0.15, -0.1) is 0 Å². The predicted octanol–water partition coefficient (Wildman–Crippen LogP) is 4.12.